The van der Waals surface area contributed by atoms with E-state index >= 15 is 0 Å². The first-order valence-corrected chi connectivity index (χ1v) is 9.87. The average molecular weight is 396 g/mol. The van der Waals surface area contributed by atoms with Gasteiger partial charge in [-0.1, -0.05) is 42.8 Å². The Kier molecular flexibility index (Phi) is 6.75. The lowest BCUT2D eigenvalue weighted by atomic mass is 9.64. The molecule has 0 spiro atoms. The number of benzene rings is 2. The highest BCUT2D eigenvalue weighted by molar-refractivity contribution is 5.92. The predicted molar refractivity (Wildman–Crippen MR) is 115 cm³/mol. The van der Waals surface area contributed by atoms with Gasteiger partial charge in [0.2, 0.25) is 0 Å². The lowest BCUT2D eigenvalue weighted by molar-refractivity contribution is 0.0597. The van der Waals surface area contributed by atoms with Crippen molar-refractivity contribution in [1.29, 1.82) is 0 Å². The van der Waals surface area contributed by atoms with Crippen LogP contribution in [0, 0.1) is 0 Å². The molecule has 2 aromatic rings. The molecule has 1 aliphatic carbocycles. The molecule has 0 bridgehead atoms. The van der Waals surface area contributed by atoms with E-state index < -0.39 is 5.97 Å². The maximum atomic E-state index is 12.0. The minimum atomic E-state index is -0.416. The van der Waals surface area contributed by atoms with Crippen LogP contribution in [0.3, 0.4) is 0 Å². The summed E-state index contributed by atoms with van der Waals surface area (Å²) < 4.78 is 10.1. The van der Waals surface area contributed by atoms with Crippen molar-refractivity contribution < 1.29 is 14.3 Å². The van der Waals surface area contributed by atoms with E-state index in [2.05, 4.69) is 46.0 Å². The zero-order valence-corrected chi connectivity index (χ0v) is 17.3. The topological polar surface area (TPSA) is 72.0 Å². The molecule has 2 aromatic carbocycles. The number of nitrogens with one attached hydrogen (secondary N) is 2. The molecule has 0 radical (unpaired) electrons. The molecule has 0 aromatic heterocycles. The molecule has 0 heterocycles. The van der Waals surface area contributed by atoms with Gasteiger partial charge in [0.05, 0.1) is 14.2 Å². The van der Waals surface area contributed by atoms with Gasteiger partial charge in [-0.3, -0.25) is 4.99 Å². The summed E-state index contributed by atoms with van der Waals surface area (Å²) in [4.78, 5) is 16.3. The van der Waals surface area contributed by atoms with Crippen molar-refractivity contribution >= 4 is 11.9 Å². The van der Waals surface area contributed by atoms with Crippen molar-refractivity contribution in [2.75, 3.05) is 27.8 Å². The second-order valence-electron chi connectivity index (χ2n) is 7.31. The van der Waals surface area contributed by atoms with E-state index in [1.54, 1.807) is 19.2 Å². The predicted octanol–water partition coefficient (Wildman–Crippen LogP) is 3.27. The van der Waals surface area contributed by atoms with E-state index in [1.807, 2.05) is 6.07 Å². The number of methoxy groups -OCH3 is 2. The molecule has 154 valence electrons. The maximum absolute atomic E-state index is 12.0. The number of carbonyl (C=O) groups excluding carboxylic acids is 1. The fourth-order valence-corrected chi connectivity index (χ4v) is 3.76. The van der Waals surface area contributed by atoms with Gasteiger partial charge < -0.3 is 20.1 Å². The van der Waals surface area contributed by atoms with Gasteiger partial charge in [0.1, 0.15) is 11.3 Å². The summed E-state index contributed by atoms with van der Waals surface area (Å²) in [6.45, 7) is 1.37. The molecule has 6 heteroatoms. The van der Waals surface area contributed by atoms with E-state index in [0.29, 0.717) is 17.9 Å². The van der Waals surface area contributed by atoms with Gasteiger partial charge in [-0.2, -0.15) is 0 Å². The number of hydrogen-bond acceptors (Lipinski definition) is 4. The van der Waals surface area contributed by atoms with Crippen molar-refractivity contribution in [1.82, 2.24) is 10.6 Å². The number of esters is 1. The first-order chi connectivity index (χ1) is 14.1. The molecule has 1 saturated carbocycles. The molecule has 0 unspecified atom stereocenters. The molecular weight excluding hydrogens is 366 g/mol. The Labute approximate surface area is 172 Å². The van der Waals surface area contributed by atoms with Crippen LogP contribution in [0.1, 0.15) is 40.7 Å². The van der Waals surface area contributed by atoms with Crippen LogP contribution >= 0.6 is 0 Å². The van der Waals surface area contributed by atoms with E-state index in [0.717, 1.165) is 18.1 Å². The highest BCUT2D eigenvalue weighted by Gasteiger charge is 2.38. The molecule has 29 heavy (non-hydrogen) atoms. The van der Waals surface area contributed by atoms with Crippen molar-refractivity contribution in [3.05, 3.63) is 65.2 Å². The lowest BCUT2D eigenvalue weighted by Gasteiger charge is -2.43. The summed E-state index contributed by atoms with van der Waals surface area (Å²) in [5.74, 6) is 0.821. The van der Waals surface area contributed by atoms with Gasteiger partial charge in [-0.15, -0.1) is 0 Å². The molecule has 3 rings (SSSR count). The first kappa shape index (κ1) is 20.7. The van der Waals surface area contributed by atoms with Crippen molar-refractivity contribution in [3.63, 3.8) is 0 Å². The standard InChI is InChI=1S/C23H29N3O3/c1-24-22(26-16-23(12-7-13-23)18-8-5-4-6-9-18)25-15-17-10-11-20(28-2)19(14-17)21(27)29-3/h4-6,8-11,14H,7,12-13,15-16H2,1-3H3,(H2,24,25,26). The minimum absolute atomic E-state index is 0.178. The SMILES string of the molecule is CN=C(NCc1ccc(OC)c(C(=O)OC)c1)NCC1(c2ccccc2)CCC1. The molecule has 0 amide bonds. The van der Waals surface area contributed by atoms with Gasteiger partial charge in [-0.05, 0) is 36.1 Å². The molecular formula is C23H29N3O3. The van der Waals surface area contributed by atoms with Gasteiger partial charge in [0.25, 0.3) is 0 Å². The van der Waals surface area contributed by atoms with E-state index in [-0.39, 0.29) is 5.41 Å². The Bertz CT molecular complexity index is 861. The maximum Gasteiger partial charge on any atom is 0.341 e. The molecule has 6 nitrogen and oxygen atoms in total. The highest BCUT2D eigenvalue weighted by atomic mass is 16.5. The Morgan fingerprint density at radius 3 is 2.45 bits per heavy atom. The zero-order valence-electron chi connectivity index (χ0n) is 17.3. The normalized spacial score (nSPS) is 15.2. The first-order valence-electron chi connectivity index (χ1n) is 9.87. The average Bonchev–Trinajstić information content (AvgIpc) is 2.75. The van der Waals surface area contributed by atoms with Gasteiger partial charge in [0, 0.05) is 25.6 Å². The number of ether oxygens (including phenoxy) is 2. The Hall–Kier alpha value is -3.02. The fraction of sp³-hybridized carbons (Fsp3) is 0.391. The smallest absolute Gasteiger partial charge is 0.341 e. The Balaban J connectivity index is 1.62. The van der Waals surface area contributed by atoms with Crippen LogP contribution in [-0.2, 0) is 16.7 Å². The van der Waals surface area contributed by atoms with Crippen molar-refractivity contribution in [3.8, 4) is 5.75 Å². The number of nitrogens with zero attached hydrogens (tertiary/aromatic N) is 1. The van der Waals surface area contributed by atoms with E-state index in [1.165, 1.54) is 39.0 Å². The minimum Gasteiger partial charge on any atom is -0.496 e. The van der Waals surface area contributed by atoms with Crippen LogP contribution in [0.2, 0.25) is 0 Å². The van der Waals surface area contributed by atoms with Crippen LogP contribution in [0.25, 0.3) is 0 Å². The third-order valence-electron chi connectivity index (χ3n) is 5.64. The largest absolute Gasteiger partial charge is 0.496 e. The summed E-state index contributed by atoms with van der Waals surface area (Å²) in [6.07, 6.45) is 3.62. The summed E-state index contributed by atoms with van der Waals surface area (Å²) in [6, 6.07) is 16.2. The van der Waals surface area contributed by atoms with Crippen molar-refractivity contribution in [2.24, 2.45) is 4.99 Å². The second kappa shape index (κ2) is 9.45. The molecule has 0 aliphatic heterocycles. The third kappa shape index (κ3) is 4.70. The second-order valence-corrected chi connectivity index (χ2v) is 7.31. The van der Waals surface area contributed by atoms with Crippen molar-refractivity contribution in [2.45, 2.75) is 31.2 Å². The number of guanidine groups is 1. The number of rotatable bonds is 7. The quantitative estimate of drug-likeness (QED) is 0.428. The molecule has 2 N–H and O–H groups in total. The Morgan fingerprint density at radius 1 is 1.10 bits per heavy atom. The monoisotopic (exact) mass is 395 g/mol. The zero-order chi connectivity index (χ0) is 20.7. The fourth-order valence-electron chi connectivity index (χ4n) is 3.76. The number of hydrogen-bond donors (Lipinski definition) is 2. The molecule has 0 atom stereocenters. The van der Waals surface area contributed by atoms with Crippen LogP contribution in [0.15, 0.2) is 53.5 Å². The van der Waals surface area contributed by atoms with Gasteiger partial charge >= 0.3 is 5.97 Å². The van der Waals surface area contributed by atoms with E-state index in [4.69, 9.17) is 9.47 Å². The summed E-state index contributed by atoms with van der Waals surface area (Å²) >= 11 is 0. The third-order valence-corrected chi connectivity index (χ3v) is 5.64. The summed E-state index contributed by atoms with van der Waals surface area (Å²) in [7, 11) is 4.66. The van der Waals surface area contributed by atoms with Crippen LogP contribution in [-0.4, -0.2) is 39.7 Å². The summed E-state index contributed by atoms with van der Waals surface area (Å²) in [5, 5.41) is 6.80. The van der Waals surface area contributed by atoms with E-state index in [9.17, 15) is 4.79 Å². The van der Waals surface area contributed by atoms with Gasteiger partial charge in [-0.25, -0.2) is 4.79 Å². The van der Waals surface area contributed by atoms with Gasteiger partial charge in [0.15, 0.2) is 5.96 Å². The molecule has 1 fully saturated rings. The molecule has 1 aliphatic rings. The van der Waals surface area contributed by atoms with Crippen LogP contribution in [0.5, 0.6) is 5.75 Å². The molecule has 0 saturated heterocycles. The van der Waals surface area contributed by atoms with Crippen LogP contribution in [0.4, 0.5) is 0 Å². The van der Waals surface area contributed by atoms with Crippen LogP contribution < -0.4 is 15.4 Å². The summed E-state index contributed by atoms with van der Waals surface area (Å²) in [5.41, 5.74) is 2.91. The highest BCUT2D eigenvalue weighted by Crippen LogP contribution is 2.43. The number of carbonyl (C=O) groups is 1. The number of aliphatic imine (C=N–C) groups is 1. The lowest BCUT2D eigenvalue weighted by Crippen LogP contribution is -2.48. The Morgan fingerprint density at radius 2 is 1.86 bits per heavy atom.